The molecule has 0 aliphatic rings. The maximum Gasteiger partial charge on any atom is 0.337 e. The summed E-state index contributed by atoms with van der Waals surface area (Å²) in [6.45, 7) is 2.17. The number of carbonyl (C=O) groups excluding carboxylic acids is 2. The van der Waals surface area contributed by atoms with Crippen LogP contribution in [0.1, 0.15) is 22.8 Å². The first-order valence-electron chi connectivity index (χ1n) is 8.18. The summed E-state index contributed by atoms with van der Waals surface area (Å²) in [5.41, 5.74) is 1.38. The first-order valence-corrected chi connectivity index (χ1v) is 8.18. The van der Waals surface area contributed by atoms with Crippen LogP contribution in [-0.4, -0.2) is 44.1 Å². The number of hydrogen-bond acceptors (Lipinski definition) is 5. The highest BCUT2D eigenvalue weighted by molar-refractivity contribution is 5.90. The molecule has 6 nitrogen and oxygen atoms in total. The fourth-order valence-corrected chi connectivity index (χ4v) is 2.50. The Morgan fingerprint density at radius 2 is 1.73 bits per heavy atom. The maximum atomic E-state index is 12.6. The average Bonchev–Trinajstić information content (AvgIpc) is 2.67. The van der Waals surface area contributed by atoms with Crippen molar-refractivity contribution in [1.29, 1.82) is 0 Å². The number of hydrogen-bond donors (Lipinski definition) is 0. The number of likely N-dealkylation sites (N-methyl/N-ethyl adjacent to an activating group) is 1. The summed E-state index contributed by atoms with van der Waals surface area (Å²) < 4.78 is 15.7. The van der Waals surface area contributed by atoms with E-state index < -0.39 is 12.1 Å². The lowest BCUT2D eigenvalue weighted by atomic mass is 10.2. The van der Waals surface area contributed by atoms with Crippen molar-refractivity contribution in [2.45, 2.75) is 19.6 Å². The van der Waals surface area contributed by atoms with Gasteiger partial charge in [-0.3, -0.25) is 4.79 Å². The zero-order valence-corrected chi connectivity index (χ0v) is 15.4. The van der Waals surface area contributed by atoms with E-state index in [9.17, 15) is 9.59 Å². The highest BCUT2D eigenvalue weighted by atomic mass is 16.5. The van der Waals surface area contributed by atoms with Crippen LogP contribution in [0.5, 0.6) is 11.5 Å². The van der Waals surface area contributed by atoms with Gasteiger partial charge >= 0.3 is 5.97 Å². The van der Waals surface area contributed by atoms with Crippen molar-refractivity contribution in [2.75, 3.05) is 21.3 Å². The fourth-order valence-electron chi connectivity index (χ4n) is 2.50. The van der Waals surface area contributed by atoms with Crippen molar-refractivity contribution < 1.29 is 23.8 Å². The van der Waals surface area contributed by atoms with E-state index in [0.29, 0.717) is 23.6 Å². The molecule has 0 fully saturated rings. The molecule has 6 heteroatoms. The van der Waals surface area contributed by atoms with Crippen LogP contribution in [0, 0.1) is 0 Å². The van der Waals surface area contributed by atoms with Crippen molar-refractivity contribution in [3.05, 3.63) is 59.7 Å². The number of esters is 1. The predicted molar refractivity (Wildman–Crippen MR) is 97.3 cm³/mol. The predicted octanol–water partition coefficient (Wildman–Crippen LogP) is 2.91. The Balaban J connectivity index is 2.07. The van der Waals surface area contributed by atoms with Crippen molar-refractivity contribution in [3.63, 3.8) is 0 Å². The molecule has 2 aromatic rings. The van der Waals surface area contributed by atoms with Crippen LogP contribution < -0.4 is 9.47 Å². The summed E-state index contributed by atoms with van der Waals surface area (Å²) in [5, 5.41) is 0. The van der Waals surface area contributed by atoms with Gasteiger partial charge in [0.1, 0.15) is 0 Å². The third-order valence-electron chi connectivity index (χ3n) is 3.88. The summed E-state index contributed by atoms with van der Waals surface area (Å²) >= 11 is 0. The van der Waals surface area contributed by atoms with Crippen LogP contribution >= 0.6 is 0 Å². The smallest absolute Gasteiger partial charge is 0.337 e. The molecule has 0 spiro atoms. The van der Waals surface area contributed by atoms with Crippen molar-refractivity contribution in [2.24, 2.45) is 0 Å². The summed E-state index contributed by atoms with van der Waals surface area (Å²) in [5.74, 6) is 0.113. The Bertz CT molecular complexity index is 760. The Morgan fingerprint density at radius 3 is 2.35 bits per heavy atom. The SMILES string of the molecule is COC(=O)c1ccc(O[C@H](C)C(=O)N(C)Cc2ccccc2)c(OC)c1. The van der Waals surface area contributed by atoms with Gasteiger partial charge < -0.3 is 19.1 Å². The number of amides is 1. The number of rotatable bonds is 7. The quantitative estimate of drug-likeness (QED) is 0.713. The molecule has 1 amide bonds. The monoisotopic (exact) mass is 357 g/mol. The molecular weight excluding hydrogens is 334 g/mol. The van der Waals surface area contributed by atoms with Gasteiger partial charge in [-0.15, -0.1) is 0 Å². The zero-order valence-electron chi connectivity index (χ0n) is 15.4. The molecule has 2 aromatic carbocycles. The molecule has 0 N–H and O–H groups in total. The van der Waals surface area contributed by atoms with E-state index in [2.05, 4.69) is 4.74 Å². The zero-order chi connectivity index (χ0) is 19.1. The first kappa shape index (κ1) is 19.3. The molecule has 1 atom stereocenters. The van der Waals surface area contributed by atoms with E-state index in [1.165, 1.54) is 20.3 Å². The Morgan fingerprint density at radius 1 is 1.04 bits per heavy atom. The second-order valence-electron chi connectivity index (χ2n) is 5.80. The molecule has 0 heterocycles. The standard InChI is InChI=1S/C20H23NO5/c1-14(19(22)21(2)13-15-8-6-5-7-9-15)26-17-11-10-16(20(23)25-4)12-18(17)24-3/h5-12,14H,13H2,1-4H3/t14-/m1/s1. The van der Waals surface area contributed by atoms with Crippen LogP contribution in [0.15, 0.2) is 48.5 Å². The van der Waals surface area contributed by atoms with E-state index in [1.54, 1.807) is 31.0 Å². The summed E-state index contributed by atoms with van der Waals surface area (Å²) in [7, 11) is 4.51. The molecule has 0 aliphatic heterocycles. The van der Waals surface area contributed by atoms with Gasteiger partial charge in [0.25, 0.3) is 5.91 Å². The number of benzene rings is 2. The van der Waals surface area contributed by atoms with Crippen LogP contribution in [-0.2, 0) is 16.1 Å². The lowest BCUT2D eigenvalue weighted by molar-refractivity contribution is -0.137. The van der Waals surface area contributed by atoms with Gasteiger partial charge in [0, 0.05) is 13.6 Å². The molecule has 0 bridgehead atoms. The van der Waals surface area contributed by atoms with Gasteiger partial charge in [0.2, 0.25) is 0 Å². The number of ether oxygens (including phenoxy) is 3. The third kappa shape index (κ3) is 4.75. The first-order chi connectivity index (χ1) is 12.5. The lowest BCUT2D eigenvalue weighted by Crippen LogP contribution is -2.37. The van der Waals surface area contributed by atoms with Gasteiger partial charge in [-0.2, -0.15) is 0 Å². The topological polar surface area (TPSA) is 65.1 Å². The molecule has 0 unspecified atom stereocenters. The van der Waals surface area contributed by atoms with Crippen LogP contribution in [0.2, 0.25) is 0 Å². The molecule has 0 aliphatic carbocycles. The molecular formula is C20H23NO5. The second kappa shape index (κ2) is 8.89. The molecule has 0 saturated carbocycles. The summed E-state index contributed by atoms with van der Waals surface area (Å²) in [6.07, 6.45) is -0.707. The minimum absolute atomic E-state index is 0.159. The van der Waals surface area contributed by atoms with Gasteiger partial charge in [-0.1, -0.05) is 30.3 Å². The van der Waals surface area contributed by atoms with Gasteiger partial charge in [-0.05, 0) is 30.7 Å². The average molecular weight is 357 g/mol. The van der Waals surface area contributed by atoms with Crippen molar-refractivity contribution >= 4 is 11.9 Å². The van der Waals surface area contributed by atoms with Gasteiger partial charge in [0.15, 0.2) is 17.6 Å². The molecule has 26 heavy (non-hydrogen) atoms. The van der Waals surface area contributed by atoms with E-state index in [1.807, 2.05) is 30.3 Å². The van der Waals surface area contributed by atoms with Crippen LogP contribution in [0.3, 0.4) is 0 Å². The minimum atomic E-state index is -0.707. The van der Waals surface area contributed by atoms with Crippen molar-refractivity contribution in [3.8, 4) is 11.5 Å². The van der Waals surface area contributed by atoms with E-state index in [0.717, 1.165) is 5.56 Å². The summed E-state index contributed by atoms with van der Waals surface area (Å²) in [4.78, 5) is 25.8. The van der Waals surface area contributed by atoms with Gasteiger partial charge in [0.05, 0.1) is 19.8 Å². The Labute approximate surface area is 153 Å². The van der Waals surface area contributed by atoms with Crippen LogP contribution in [0.25, 0.3) is 0 Å². The fraction of sp³-hybridized carbons (Fsp3) is 0.300. The molecule has 0 saturated heterocycles. The molecule has 0 aromatic heterocycles. The molecule has 138 valence electrons. The lowest BCUT2D eigenvalue weighted by Gasteiger charge is -2.23. The van der Waals surface area contributed by atoms with E-state index in [4.69, 9.17) is 9.47 Å². The molecule has 0 radical (unpaired) electrons. The van der Waals surface area contributed by atoms with Gasteiger partial charge in [-0.25, -0.2) is 4.79 Å². The number of methoxy groups -OCH3 is 2. The Hall–Kier alpha value is -3.02. The minimum Gasteiger partial charge on any atom is -0.493 e. The number of nitrogens with zero attached hydrogens (tertiary/aromatic N) is 1. The number of carbonyl (C=O) groups is 2. The third-order valence-corrected chi connectivity index (χ3v) is 3.88. The van der Waals surface area contributed by atoms with Crippen molar-refractivity contribution in [1.82, 2.24) is 4.90 Å². The maximum absolute atomic E-state index is 12.6. The highest BCUT2D eigenvalue weighted by Crippen LogP contribution is 2.29. The van der Waals surface area contributed by atoms with Crippen LogP contribution in [0.4, 0.5) is 0 Å². The molecule has 2 rings (SSSR count). The van der Waals surface area contributed by atoms with E-state index in [-0.39, 0.29) is 5.91 Å². The highest BCUT2D eigenvalue weighted by Gasteiger charge is 2.21. The second-order valence-corrected chi connectivity index (χ2v) is 5.80. The van der Waals surface area contributed by atoms with E-state index >= 15 is 0 Å². The largest absolute Gasteiger partial charge is 0.493 e. The normalized spacial score (nSPS) is 11.4. The Kier molecular flexibility index (Phi) is 6.60. The summed E-state index contributed by atoms with van der Waals surface area (Å²) in [6, 6.07) is 14.4.